The summed E-state index contributed by atoms with van der Waals surface area (Å²) in [5.74, 6) is -0.390. The second-order valence-corrected chi connectivity index (χ2v) is 4.04. The fraction of sp³-hybridized carbons (Fsp3) is 0.0833. The Balaban J connectivity index is 1.88. The molecule has 0 aliphatic carbocycles. The molecule has 2 rings (SSSR count). The molecule has 108 valence electrons. The van der Waals surface area contributed by atoms with E-state index in [0.717, 1.165) is 17.1 Å². The van der Waals surface area contributed by atoms with E-state index in [1.165, 1.54) is 18.3 Å². The van der Waals surface area contributed by atoms with Crippen LogP contribution in [0, 0.1) is 10.1 Å². The van der Waals surface area contributed by atoms with E-state index < -0.39 is 10.8 Å². The van der Waals surface area contributed by atoms with E-state index in [0.29, 0.717) is 5.56 Å². The molecule has 0 saturated carbocycles. The Morgan fingerprint density at radius 3 is 3.05 bits per heavy atom. The molecule has 0 aliphatic heterocycles. The summed E-state index contributed by atoms with van der Waals surface area (Å²) in [6, 6.07) is 6.33. The highest BCUT2D eigenvalue weighted by molar-refractivity contribution is 5.82. The Bertz CT molecular complexity index is 694. The van der Waals surface area contributed by atoms with Gasteiger partial charge in [0.25, 0.3) is 5.91 Å². The first-order chi connectivity index (χ1) is 10.0. The van der Waals surface area contributed by atoms with Crippen LogP contribution in [0.2, 0.25) is 0 Å². The average Bonchev–Trinajstić information content (AvgIpc) is 2.87. The van der Waals surface area contributed by atoms with Crippen molar-refractivity contribution in [1.29, 1.82) is 0 Å². The number of hydrazone groups is 1. The smallest absolute Gasteiger partial charge is 0.307 e. The molecule has 0 spiro atoms. The number of phenolic OH excluding ortho intramolecular Hbond substituents is 1. The normalized spacial score (nSPS) is 10.7. The van der Waals surface area contributed by atoms with Crippen LogP contribution in [0.25, 0.3) is 0 Å². The van der Waals surface area contributed by atoms with E-state index in [1.54, 1.807) is 12.1 Å². The third-order valence-electron chi connectivity index (χ3n) is 2.41. The Hall–Kier alpha value is -3.23. The van der Waals surface area contributed by atoms with Crippen molar-refractivity contribution in [2.24, 2.45) is 5.10 Å². The van der Waals surface area contributed by atoms with Crippen LogP contribution < -0.4 is 5.43 Å². The summed E-state index contributed by atoms with van der Waals surface area (Å²) in [4.78, 5) is 21.4. The first kappa shape index (κ1) is 14.2. The van der Waals surface area contributed by atoms with E-state index in [-0.39, 0.29) is 18.0 Å². The molecule has 0 saturated heterocycles. The Morgan fingerprint density at radius 2 is 2.38 bits per heavy atom. The summed E-state index contributed by atoms with van der Waals surface area (Å²) in [6.45, 7) is -0.189. The molecular formula is C12H11N5O4. The van der Waals surface area contributed by atoms with Crippen LogP contribution in [-0.4, -0.2) is 31.9 Å². The molecule has 0 aliphatic rings. The molecule has 1 aromatic heterocycles. The highest BCUT2D eigenvalue weighted by atomic mass is 16.6. The van der Waals surface area contributed by atoms with Crippen LogP contribution in [0.3, 0.4) is 0 Å². The molecule has 1 aromatic carbocycles. The Kier molecular flexibility index (Phi) is 4.24. The van der Waals surface area contributed by atoms with Crippen molar-refractivity contribution in [1.82, 2.24) is 15.2 Å². The number of carbonyl (C=O) groups excluding carboxylic acids is 1. The van der Waals surface area contributed by atoms with Crippen LogP contribution in [0.15, 0.2) is 41.8 Å². The van der Waals surface area contributed by atoms with Crippen molar-refractivity contribution in [3.63, 3.8) is 0 Å². The molecule has 1 heterocycles. The van der Waals surface area contributed by atoms with Gasteiger partial charge in [-0.3, -0.25) is 19.6 Å². The number of amides is 1. The number of nitrogens with one attached hydrogen (secondary N) is 1. The molecule has 0 bridgehead atoms. The van der Waals surface area contributed by atoms with Gasteiger partial charge in [0.15, 0.2) is 0 Å². The standard InChI is InChI=1S/C12H11N5O4/c18-11-3-1-2-9(4-11)5-13-15-12(19)8-16-7-10(6-14-16)17(20)21/h1-7,18H,8H2,(H,15,19)/b13-5+. The number of benzene rings is 1. The van der Waals surface area contributed by atoms with E-state index in [1.807, 2.05) is 0 Å². The maximum atomic E-state index is 11.5. The molecule has 0 unspecified atom stereocenters. The van der Waals surface area contributed by atoms with Crippen LogP contribution in [0.1, 0.15) is 5.56 Å². The lowest BCUT2D eigenvalue weighted by Gasteiger charge is -1.99. The maximum absolute atomic E-state index is 11.5. The van der Waals surface area contributed by atoms with Gasteiger partial charge in [0.1, 0.15) is 24.7 Å². The number of carbonyl (C=O) groups is 1. The van der Waals surface area contributed by atoms with E-state index in [4.69, 9.17) is 0 Å². The number of phenols is 1. The molecule has 21 heavy (non-hydrogen) atoms. The number of aromatic nitrogens is 2. The maximum Gasteiger partial charge on any atom is 0.307 e. The van der Waals surface area contributed by atoms with Gasteiger partial charge >= 0.3 is 5.69 Å². The van der Waals surface area contributed by atoms with Gasteiger partial charge in [-0.15, -0.1) is 0 Å². The van der Waals surface area contributed by atoms with Gasteiger partial charge in [-0.25, -0.2) is 5.43 Å². The first-order valence-corrected chi connectivity index (χ1v) is 5.82. The molecule has 0 atom stereocenters. The van der Waals surface area contributed by atoms with Gasteiger partial charge in [0.05, 0.1) is 11.1 Å². The number of rotatable bonds is 5. The largest absolute Gasteiger partial charge is 0.508 e. The van der Waals surface area contributed by atoms with Crippen molar-refractivity contribution >= 4 is 17.8 Å². The quantitative estimate of drug-likeness (QED) is 0.475. The second kappa shape index (κ2) is 6.28. The van der Waals surface area contributed by atoms with Gasteiger partial charge in [0.2, 0.25) is 0 Å². The first-order valence-electron chi connectivity index (χ1n) is 5.82. The predicted octanol–water partition coefficient (Wildman–Crippen LogP) is 0.647. The number of nitrogens with zero attached hydrogens (tertiary/aromatic N) is 4. The molecule has 0 radical (unpaired) electrons. The highest BCUT2D eigenvalue weighted by Gasteiger charge is 2.10. The minimum Gasteiger partial charge on any atom is -0.508 e. The number of aromatic hydroxyl groups is 1. The molecule has 1 amide bonds. The molecule has 9 heteroatoms. The molecular weight excluding hydrogens is 278 g/mol. The molecule has 0 fully saturated rings. The van der Waals surface area contributed by atoms with Crippen molar-refractivity contribution in [3.8, 4) is 5.75 Å². The van der Waals surface area contributed by atoms with Crippen LogP contribution >= 0.6 is 0 Å². The second-order valence-electron chi connectivity index (χ2n) is 4.04. The molecule has 2 aromatic rings. The Morgan fingerprint density at radius 1 is 1.57 bits per heavy atom. The van der Waals surface area contributed by atoms with E-state index >= 15 is 0 Å². The van der Waals surface area contributed by atoms with E-state index in [2.05, 4.69) is 15.6 Å². The van der Waals surface area contributed by atoms with Gasteiger partial charge in [-0.1, -0.05) is 12.1 Å². The van der Waals surface area contributed by atoms with Crippen molar-refractivity contribution in [2.45, 2.75) is 6.54 Å². The summed E-state index contributed by atoms with van der Waals surface area (Å²) in [5, 5.41) is 27.1. The van der Waals surface area contributed by atoms with Crippen LogP contribution in [-0.2, 0) is 11.3 Å². The van der Waals surface area contributed by atoms with Gasteiger partial charge in [0, 0.05) is 0 Å². The lowest BCUT2D eigenvalue weighted by atomic mass is 10.2. The van der Waals surface area contributed by atoms with Gasteiger partial charge in [-0.05, 0) is 17.7 Å². The summed E-state index contributed by atoms with van der Waals surface area (Å²) in [6.07, 6.45) is 3.57. The summed E-state index contributed by atoms with van der Waals surface area (Å²) in [7, 11) is 0. The fourth-order valence-electron chi connectivity index (χ4n) is 1.50. The fourth-order valence-corrected chi connectivity index (χ4v) is 1.50. The minimum absolute atomic E-state index is 0.0918. The highest BCUT2D eigenvalue weighted by Crippen LogP contribution is 2.09. The topological polar surface area (TPSA) is 123 Å². The van der Waals surface area contributed by atoms with E-state index in [9.17, 15) is 20.0 Å². The minimum atomic E-state index is -0.596. The summed E-state index contributed by atoms with van der Waals surface area (Å²) >= 11 is 0. The van der Waals surface area contributed by atoms with Gasteiger partial charge < -0.3 is 5.11 Å². The Labute approximate surface area is 118 Å². The third kappa shape index (κ3) is 4.13. The van der Waals surface area contributed by atoms with Crippen molar-refractivity contribution in [3.05, 3.63) is 52.3 Å². The zero-order valence-electron chi connectivity index (χ0n) is 10.7. The number of nitro groups is 1. The van der Waals surface area contributed by atoms with Crippen LogP contribution in [0.5, 0.6) is 5.75 Å². The van der Waals surface area contributed by atoms with Crippen molar-refractivity contribution in [2.75, 3.05) is 0 Å². The van der Waals surface area contributed by atoms with Crippen LogP contribution in [0.4, 0.5) is 5.69 Å². The predicted molar refractivity (Wildman–Crippen MR) is 72.7 cm³/mol. The number of hydrogen-bond donors (Lipinski definition) is 2. The SMILES string of the molecule is O=C(Cn1cc([N+](=O)[O-])cn1)N/N=C/c1cccc(O)c1. The monoisotopic (exact) mass is 289 g/mol. The summed E-state index contributed by atoms with van der Waals surface area (Å²) in [5.41, 5.74) is 2.68. The molecule has 2 N–H and O–H groups in total. The average molecular weight is 289 g/mol. The third-order valence-corrected chi connectivity index (χ3v) is 2.41. The van der Waals surface area contributed by atoms with Crippen molar-refractivity contribution < 1.29 is 14.8 Å². The summed E-state index contributed by atoms with van der Waals surface area (Å²) < 4.78 is 1.14. The van der Waals surface area contributed by atoms with Gasteiger partial charge in [-0.2, -0.15) is 10.2 Å². The number of hydrogen-bond acceptors (Lipinski definition) is 6. The molecule has 9 nitrogen and oxygen atoms in total. The zero-order valence-corrected chi connectivity index (χ0v) is 10.7. The lowest BCUT2D eigenvalue weighted by Crippen LogP contribution is -2.23. The zero-order chi connectivity index (χ0) is 15.2. The lowest BCUT2D eigenvalue weighted by molar-refractivity contribution is -0.385.